The molecule has 1 N–H and O–H groups in total. The molecule has 48 heavy (non-hydrogen) atoms. The molecule has 1 saturated carbocycles. The van der Waals surface area contributed by atoms with E-state index in [9.17, 15) is 14.4 Å². The van der Waals surface area contributed by atoms with Crippen molar-refractivity contribution < 1.29 is 33.0 Å². The summed E-state index contributed by atoms with van der Waals surface area (Å²) in [5, 5.41) is 3.94. The first-order valence-electron chi connectivity index (χ1n) is 17.3. The summed E-state index contributed by atoms with van der Waals surface area (Å²) >= 11 is 6.73. The van der Waals surface area contributed by atoms with E-state index >= 15 is 0 Å². The van der Waals surface area contributed by atoms with Gasteiger partial charge in [-0.1, -0.05) is 35.9 Å². The number of halogens is 1. The van der Waals surface area contributed by atoms with Crippen LogP contribution in [0.1, 0.15) is 75.2 Å². The van der Waals surface area contributed by atoms with Gasteiger partial charge < -0.3 is 23.9 Å². The van der Waals surface area contributed by atoms with Crippen LogP contribution in [-0.2, 0) is 30.2 Å². The molecule has 3 heterocycles. The third-order valence-electron chi connectivity index (χ3n) is 9.74. The Labute approximate surface area is 287 Å². The minimum absolute atomic E-state index is 0.0593. The molecule has 2 aromatic carbocycles. The molecule has 3 aliphatic rings. The van der Waals surface area contributed by atoms with Crippen molar-refractivity contribution in [1.29, 1.82) is 0 Å². The minimum Gasteiger partial charge on any atom is -0.466 e. The quantitative estimate of drug-likeness (QED) is 0.229. The highest BCUT2D eigenvalue weighted by Crippen LogP contribution is 2.38. The number of fused-ring (bicyclic) bond motifs is 1. The maximum atomic E-state index is 14.9. The first-order chi connectivity index (χ1) is 23.2. The minimum atomic E-state index is -1.29. The second-order valence-electron chi connectivity index (χ2n) is 13.3. The molecular weight excluding hydrogens is 634 g/mol. The number of nitrogens with one attached hydrogen (secondary N) is 1. The summed E-state index contributed by atoms with van der Waals surface area (Å²) in [6.07, 6.45) is 5.85. The van der Waals surface area contributed by atoms with Crippen LogP contribution in [0.3, 0.4) is 0 Å². The van der Waals surface area contributed by atoms with Crippen molar-refractivity contribution in [3.63, 3.8) is 0 Å². The molecule has 1 aliphatic carbocycles. The van der Waals surface area contributed by atoms with Crippen LogP contribution in [0.4, 0.5) is 5.69 Å². The van der Waals surface area contributed by atoms with Crippen molar-refractivity contribution in [3.05, 3.63) is 64.9 Å². The van der Waals surface area contributed by atoms with Crippen molar-refractivity contribution >= 4 is 45.9 Å². The zero-order valence-corrected chi connectivity index (χ0v) is 28.8. The highest BCUT2D eigenvalue weighted by molar-refractivity contribution is 6.34. The van der Waals surface area contributed by atoms with E-state index in [1.807, 2.05) is 51.1 Å². The van der Waals surface area contributed by atoms with E-state index in [-0.39, 0.29) is 48.3 Å². The maximum absolute atomic E-state index is 14.9. The summed E-state index contributed by atoms with van der Waals surface area (Å²) < 4.78 is 24.0. The third kappa shape index (κ3) is 7.33. The van der Waals surface area contributed by atoms with Crippen LogP contribution in [0.15, 0.2) is 53.1 Å². The number of amides is 1. The van der Waals surface area contributed by atoms with Crippen molar-refractivity contribution in [2.24, 2.45) is 5.92 Å². The van der Waals surface area contributed by atoms with Gasteiger partial charge in [0.15, 0.2) is 5.78 Å². The maximum Gasteiger partial charge on any atom is 0.308 e. The molecule has 0 radical (unpaired) electrons. The van der Waals surface area contributed by atoms with E-state index in [1.54, 1.807) is 12.1 Å². The van der Waals surface area contributed by atoms with Crippen LogP contribution in [0.25, 0.3) is 11.0 Å². The number of rotatable bonds is 11. The zero-order valence-electron chi connectivity index (χ0n) is 28.0. The number of para-hydroxylation sites is 1. The average molecular weight is 680 g/mol. The number of carbonyl (C=O) groups is 3. The van der Waals surface area contributed by atoms with E-state index in [2.05, 4.69) is 15.1 Å². The topological polar surface area (TPSA) is 111 Å². The number of hydrogen-bond acceptors (Lipinski definition) is 9. The Hall–Kier alpha value is -3.28. The van der Waals surface area contributed by atoms with Crippen LogP contribution in [0.5, 0.6) is 0 Å². The average Bonchev–Trinajstić information content (AvgIpc) is 3.76. The van der Waals surface area contributed by atoms with Crippen LogP contribution in [0, 0.1) is 5.92 Å². The largest absolute Gasteiger partial charge is 0.466 e. The number of Topliss-reactive ketones (excluding diaryl/α,β-unsaturated/α-hetero) is 1. The van der Waals surface area contributed by atoms with E-state index in [0.717, 1.165) is 31.5 Å². The van der Waals surface area contributed by atoms with E-state index < -0.39 is 5.85 Å². The standard InChI is InChI=1S/C37H46ClN3O7/c1-4-45-36(44)27-12-14-28(15-13-27)48-37(40-17-7-8-18-40,41-21-24(2)47-25(3)22-41)34(42)20-26-11-16-32(31(38)19-26)39-35(43)30-23-46-33-10-6-5-9-29(30)33/h5-6,9-11,16,19,23-25,27-28H,4,7-8,12-15,17-18,20-22H2,1-3H3,(H,39,43)/t24-,25+,27-,28-,37?. The Morgan fingerprint density at radius 3 is 2.38 bits per heavy atom. The molecule has 1 unspecified atom stereocenters. The fraction of sp³-hybridized carbons (Fsp3) is 0.541. The van der Waals surface area contributed by atoms with E-state index in [1.165, 1.54) is 6.26 Å². The summed E-state index contributed by atoms with van der Waals surface area (Å²) in [7, 11) is 0. The van der Waals surface area contributed by atoms with Crippen LogP contribution >= 0.6 is 11.6 Å². The normalized spacial score (nSPS) is 25.1. The number of hydrogen-bond donors (Lipinski definition) is 1. The number of morpholine rings is 1. The second-order valence-corrected chi connectivity index (χ2v) is 13.7. The predicted molar refractivity (Wildman–Crippen MR) is 183 cm³/mol. The summed E-state index contributed by atoms with van der Waals surface area (Å²) in [5.41, 5.74) is 2.21. The molecule has 2 aliphatic heterocycles. The van der Waals surface area contributed by atoms with Crippen LogP contribution in [-0.4, -0.2) is 84.4 Å². The van der Waals surface area contributed by atoms with Crippen molar-refractivity contribution in [3.8, 4) is 0 Å². The second kappa shape index (κ2) is 15.1. The van der Waals surface area contributed by atoms with Gasteiger partial charge in [-0.3, -0.25) is 24.2 Å². The Kier molecular flexibility index (Phi) is 10.9. The molecule has 3 atom stereocenters. The molecule has 3 aromatic rings. The highest BCUT2D eigenvalue weighted by atomic mass is 35.5. The summed E-state index contributed by atoms with van der Waals surface area (Å²) in [4.78, 5) is 44.9. The number of ketones is 1. The fourth-order valence-electron chi connectivity index (χ4n) is 7.54. The van der Waals surface area contributed by atoms with Gasteiger partial charge in [0, 0.05) is 38.0 Å². The van der Waals surface area contributed by atoms with Gasteiger partial charge in [0.25, 0.3) is 5.91 Å². The van der Waals surface area contributed by atoms with Gasteiger partial charge in [-0.25, -0.2) is 0 Å². The monoisotopic (exact) mass is 679 g/mol. The number of benzene rings is 2. The molecule has 3 fully saturated rings. The Morgan fingerprint density at radius 2 is 1.69 bits per heavy atom. The molecule has 258 valence electrons. The number of furan rings is 1. The lowest BCUT2D eigenvalue weighted by molar-refractivity contribution is -0.274. The first kappa shape index (κ1) is 34.6. The van der Waals surface area contributed by atoms with Crippen LogP contribution < -0.4 is 5.32 Å². The molecule has 10 nitrogen and oxygen atoms in total. The third-order valence-corrected chi connectivity index (χ3v) is 10.1. The number of anilines is 1. The van der Waals surface area contributed by atoms with Crippen molar-refractivity contribution in [2.45, 2.75) is 89.9 Å². The number of likely N-dealkylation sites (tertiary alicyclic amines) is 1. The zero-order chi connectivity index (χ0) is 33.8. The SMILES string of the molecule is CCOC(=O)[C@H]1CC[C@H](OC(C(=O)Cc2ccc(NC(=O)c3coc4ccccc34)c(Cl)c2)(N2CCCC2)N2C[C@@H](C)O[C@@H](C)C2)CC1. The Morgan fingerprint density at radius 1 is 0.979 bits per heavy atom. The van der Waals surface area contributed by atoms with Gasteiger partial charge in [-0.05, 0) is 83.1 Å². The molecule has 2 saturated heterocycles. The molecular formula is C37H46ClN3O7. The van der Waals surface area contributed by atoms with E-state index in [4.69, 9.17) is 30.2 Å². The first-order valence-corrected chi connectivity index (χ1v) is 17.6. The Bertz CT molecular complexity index is 1600. The van der Waals surface area contributed by atoms with Gasteiger partial charge in [0.2, 0.25) is 5.85 Å². The molecule has 0 spiro atoms. The predicted octanol–water partition coefficient (Wildman–Crippen LogP) is 6.45. The Balaban J connectivity index is 1.24. The van der Waals surface area contributed by atoms with Gasteiger partial charge >= 0.3 is 5.97 Å². The smallest absolute Gasteiger partial charge is 0.308 e. The lowest BCUT2D eigenvalue weighted by Gasteiger charge is -2.52. The van der Waals surface area contributed by atoms with Gasteiger partial charge in [0.1, 0.15) is 11.8 Å². The van der Waals surface area contributed by atoms with Gasteiger partial charge in [-0.15, -0.1) is 0 Å². The van der Waals surface area contributed by atoms with Crippen molar-refractivity contribution in [2.75, 3.05) is 38.1 Å². The van der Waals surface area contributed by atoms with Crippen LogP contribution in [0.2, 0.25) is 5.02 Å². The number of ether oxygens (including phenoxy) is 3. The molecule has 1 aromatic heterocycles. The lowest BCUT2D eigenvalue weighted by atomic mass is 9.87. The lowest BCUT2D eigenvalue weighted by Crippen LogP contribution is -2.71. The number of carbonyl (C=O) groups excluding carboxylic acids is 3. The summed E-state index contributed by atoms with van der Waals surface area (Å²) in [5.74, 6) is -1.97. The number of esters is 1. The molecule has 6 rings (SSSR count). The van der Waals surface area contributed by atoms with Gasteiger partial charge in [0.05, 0.1) is 47.1 Å². The van der Waals surface area contributed by atoms with E-state index in [0.29, 0.717) is 72.6 Å². The highest BCUT2D eigenvalue weighted by Gasteiger charge is 2.54. The molecule has 0 bridgehead atoms. The summed E-state index contributed by atoms with van der Waals surface area (Å²) in [6.45, 7) is 8.87. The summed E-state index contributed by atoms with van der Waals surface area (Å²) in [6, 6.07) is 12.7. The number of nitrogens with zero attached hydrogens (tertiary/aromatic N) is 2. The molecule has 11 heteroatoms. The van der Waals surface area contributed by atoms with Gasteiger partial charge in [-0.2, -0.15) is 0 Å². The fourth-order valence-corrected chi connectivity index (χ4v) is 7.79. The molecule has 1 amide bonds. The van der Waals surface area contributed by atoms with Crippen molar-refractivity contribution in [1.82, 2.24) is 9.80 Å².